The molecule has 1 aromatic carbocycles. The molecule has 5 nitrogen and oxygen atoms in total. The van der Waals surface area contributed by atoms with Crippen LogP contribution in [0.15, 0.2) is 27.8 Å². The van der Waals surface area contributed by atoms with Gasteiger partial charge < -0.3 is 5.11 Å². The van der Waals surface area contributed by atoms with Crippen molar-refractivity contribution in [2.75, 3.05) is 0 Å². The van der Waals surface area contributed by atoms with Crippen LogP contribution in [0, 0.1) is 5.92 Å². The molecule has 0 fully saturated rings. The Morgan fingerprint density at radius 3 is 2.56 bits per heavy atom. The van der Waals surface area contributed by atoms with Crippen LogP contribution in [-0.2, 0) is 13.6 Å². The average molecular weight is 248 g/mol. The number of hydrogen-bond donors (Lipinski definition) is 1. The summed E-state index contributed by atoms with van der Waals surface area (Å²) in [6.45, 7) is 4.49. The van der Waals surface area contributed by atoms with Crippen molar-refractivity contribution in [3.8, 4) is 5.75 Å². The SMILES string of the molecule is CC(C)Cn1c(=O)n(C)c(=O)c2ccc(O)cc21. The predicted molar refractivity (Wildman–Crippen MR) is 70.0 cm³/mol. The Labute approximate surface area is 104 Å². The number of hydrogen-bond acceptors (Lipinski definition) is 3. The summed E-state index contributed by atoms with van der Waals surface area (Å²) >= 11 is 0. The first-order valence-corrected chi connectivity index (χ1v) is 5.84. The van der Waals surface area contributed by atoms with Gasteiger partial charge in [-0.2, -0.15) is 0 Å². The number of aromatic nitrogens is 2. The van der Waals surface area contributed by atoms with Gasteiger partial charge in [-0.15, -0.1) is 0 Å². The van der Waals surface area contributed by atoms with Gasteiger partial charge >= 0.3 is 5.69 Å². The summed E-state index contributed by atoms with van der Waals surface area (Å²) in [4.78, 5) is 24.1. The molecular weight excluding hydrogens is 232 g/mol. The minimum atomic E-state index is -0.355. The monoisotopic (exact) mass is 248 g/mol. The number of aromatic hydroxyl groups is 1. The van der Waals surface area contributed by atoms with E-state index in [-0.39, 0.29) is 22.9 Å². The van der Waals surface area contributed by atoms with Crippen molar-refractivity contribution in [2.45, 2.75) is 20.4 Å². The zero-order valence-corrected chi connectivity index (χ0v) is 10.7. The van der Waals surface area contributed by atoms with Crippen LogP contribution in [-0.4, -0.2) is 14.2 Å². The van der Waals surface area contributed by atoms with Crippen molar-refractivity contribution in [1.29, 1.82) is 0 Å². The number of rotatable bonds is 2. The number of phenols is 1. The number of nitrogens with zero attached hydrogens (tertiary/aromatic N) is 2. The lowest BCUT2D eigenvalue weighted by atomic mass is 10.2. The zero-order valence-electron chi connectivity index (χ0n) is 10.7. The molecule has 1 heterocycles. The molecule has 0 saturated heterocycles. The fourth-order valence-electron chi connectivity index (χ4n) is 2.02. The van der Waals surface area contributed by atoms with Crippen molar-refractivity contribution in [3.63, 3.8) is 0 Å². The predicted octanol–water partition coefficient (Wildman–Crippen LogP) is 1.06. The van der Waals surface area contributed by atoms with Crippen molar-refractivity contribution >= 4 is 10.9 Å². The summed E-state index contributed by atoms with van der Waals surface area (Å²) < 4.78 is 2.63. The molecule has 0 aliphatic heterocycles. The fourth-order valence-corrected chi connectivity index (χ4v) is 2.02. The summed E-state index contributed by atoms with van der Waals surface area (Å²) in [5.74, 6) is 0.318. The number of benzene rings is 1. The summed E-state index contributed by atoms with van der Waals surface area (Å²) in [6, 6.07) is 4.46. The maximum absolute atomic E-state index is 12.1. The van der Waals surface area contributed by atoms with Gasteiger partial charge in [-0.25, -0.2) is 4.79 Å². The second kappa shape index (κ2) is 4.33. The normalized spacial score (nSPS) is 11.3. The van der Waals surface area contributed by atoms with Crippen LogP contribution < -0.4 is 11.2 Å². The lowest BCUT2D eigenvalue weighted by Crippen LogP contribution is -2.38. The Morgan fingerprint density at radius 1 is 1.28 bits per heavy atom. The van der Waals surface area contributed by atoms with Crippen molar-refractivity contribution in [3.05, 3.63) is 39.0 Å². The van der Waals surface area contributed by atoms with Crippen LogP contribution in [0.2, 0.25) is 0 Å². The second-order valence-electron chi connectivity index (χ2n) is 4.85. The molecule has 0 spiro atoms. The highest BCUT2D eigenvalue weighted by molar-refractivity contribution is 5.79. The molecule has 0 bridgehead atoms. The highest BCUT2D eigenvalue weighted by atomic mass is 16.3. The van der Waals surface area contributed by atoms with Crippen molar-refractivity contribution < 1.29 is 5.11 Å². The van der Waals surface area contributed by atoms with Crippen LogP contribution in [0.3, 0.4) is 0 Å². The van der Waals surface area contributed by atoms with E-state index in [1.165, 1.54) is 23.7 Å². The van der Waals surface area contributed by atoms with E-state index >= 15 is 0 Å². The Bertz CT molecular complexity index is 710. The van der Waals surface area contributed by atoms with Crippen LogP contribution in [0.4, 0.5) is 0 Å². The van der Waals surface area contributed by atoms with E-state index in [4.69, 9.17) is 0 Å². The van der Waals surface area contributed by atoms with E-state index in [2.05, 4.69) is 0 Å². The van der Waals surface area contributed by atoms with Gasteiger partial charge in [0, 0.05) is 19.7 Å². The maximum Gasteiger partial charge on any atom is 0.331 e. The first-order chi connectivity index (χ1) is 8.41. The Morgan fingerprint density at radius 2 is 1.94 bits per heavy atom. The van der Waals surface area contributed by atoms with Gasteiger partial charge in [-0.1, -0.05) is 13.8 Å². The summed E-state index contributed by atoms with van der Waals surface area (Å²) in [6.07, 6.45) is 0. The quantitative estimate of drug-likeness (QED) is 0.864. The standard InChI is InChI=1S/C13H16N2O3/c1-8(2)7-15-11-6-9(16)4-5-10(11)12(17)14(3)13(15)18/h4-6,8,16H,7H2,1-3H3. The molecule has 96 valence electrons. The van der Waals surface area contributed by atoms with E-state index in [0.29, 0.717) is 17.4 Å². The van der Waals surface area contributed by atoms with Crippen LogP contribution >= 0.6 is 0 Å². The Kier molecular flexibility index (Phi) is 2.98. The highest BCUT2D eigenvalue weighted by Crippen LogP contribution is 2.16. The molecule has 0 saturated carbocycles. The molecule has 0 atom stereocenters. The third kappa shape index (κ3) is 1.92. The van der Waals surface area contributed by atoms with Crippen LogP contribution in [0.25, 0.3) is 10.9 Å². The van der Waals surface area contributed by atoms with Gasteiger partial charge in [0.15, 0.2) is 0 Å². The molecule has 2 rings (SSSR count). The molecule has 0 aliphatic rings. The first kappa shape index (κ1) is 12.4. The van der Waals surface area contributed by atoms with Gasteiger partial charge in [-0.05, 0) is 18.1 Å². The summed E-state index contributed by atoms with van der Waals surface area (Å²) in [7, 11) is 1.47. The minimum Gasteiger partial charge on any atom is -0.508 e. The van der Waals surface area contributed by atoms with E-state index in [9.17, 15) is 14.7 Å². The van der Waals surface area contributed by atoms with Gasteiger partial charge in [0.05, 0.1) is 10.9 Å². The third-order valence-electron chi connectivity index (χ3n) is 2.87. The van der Waals surface area contributed by atoms with Crippen molar-refractivity contribution in [1.82, 2.24) is 9.13 Å². The van der Waals surface area contributed by atoms with Crippen LogP contribution in [0.1, 0.15) is 13.8 Å². The Balaban J connectivity index is 2.94. The van der Waals surface area contributed by atoms with Gasteiger partial charge in [-0.3, -0.25) is 13.9 Å². The molecule has 2 aromatic rings. The van der Waals surface area contributed by atoms with Gasteiger partial charge in [0.25, 0.3) is 5.56 Å². The zero-order chi connectivity index (χ0) is 13.4. The number of fused-ring (bicyclic) bond motifs is 1. The van der Waals surface area contributed by atoms with Crippen LogP contribution in [0.5, 0.6) is 5.75 Å². The molecule has 5 heteroatoms. The van der Waals surface area contributed by atoms with E-state index in [1.807, 2.05) is 13.8 Å². The average Bonchev–Trinajstić information content (AvgIpc) is 2.31. The number of phenolic OH excluding ortho intramolecular Hbond substituents is 1. The second-order valence-corrected chi connectivity index (χ2v) is 4.85. The molecular formula is C13H16N2O3. The summed E-state index contributed by atoms with van der Waals surface area (Å²) in [5, 5.41) is 9.96. The van der Waals surface area contributed by atoms with Crippen molar-refractivity contribution in [2.24, 2.45) is 13.0 Å². The molecule has 0 radical (unpaired) electrons. The first-order valence-electron chi connectivity index (χ1n) is 5.84. The smallest absolute Gasteiger partial charge is 0.331 e. The van der Waals surface area contributed by atoms with E-state index < -0.39 is 0 Å². The molecule has 0 aliphatic carbocycles. The van der Waals surface area contributed by atoms with Gasteiger partial charge in [0.2, 0.25) is 0 Å². The topological polar surface area (TPSA) is 64.2 Å². The largest absolute Gasteiger partial charge is 0.508 e. The third-order valence-corrected chi connectivity index (χ3v) is 2.87. The molecule has 1 N–H and O–H groups in total. The highest BCUT2D eigenvalue weighted by Gasteiger charge is 2.12. The van der Waals surface area contributed by atoms with Gasteiger partial charge in [0.1, 0.15) is 5.75 Å². The Hall–Kier alpha value is -2.04. The summed E-state index contributed by atoms with van der Waals surface area (Å²) in [5.41, 5.74) is -0.210. The van der Waals surface area contributed by atoms with E-state index in [1.54, 1.807) is 6.07 Å². The lowest BCUT2D eigenvalue weighted by Gasteiger charge is -2.13. The maximum atomic E-state index is 12.1. The molecule has 1 aromatic heterocycles. The molecule has 0 unspecified atom stereocenters. The minimum absolute atomic E-state index is 0.0488. The van der Waals surface area contributed by atoms with E-state index in [0.717, 1.165) is 4.57 Å². The fraction of sp³-hybridized carbons (Fsp3) is 0.385. The molecule has 18 heavy (non-hydrogen) atoms. The lowest BCUT2D eigenvalue weighted by molar-refractivity contribution is 0.473. The molecule has 0 amide bonds.